The van der Waals surface area contributed by atoms with Gasteiger partial charge in [-0.2, -0.15) is 0 Å². The van der Waals surface area contributed by atoms with Gasteiger partial charge < -0.3 is 5.11 Å². The van der Waals surface area contributed by atoms with E-state index in [-0.39, 0.29) is 6.10 Å². The molecule has 1 N–H and O–H groups in total. The summed E-state index contributed by atoms with van der Waals surface area (Å²) < 4.78 is 0. The Morgan fingerprint density at radius 1 is 1.29 bits per heavy atom. The van der Waals surface area contributed by atoms with Crippen LogP contribution in [-0.2, 0) is 0 Å². The van der Waals surface area contributed by atoms with Crippen molar-refractivity contribution in [3.63, 3.8) is 0 Å². The van der Waals surface area contributed by atoms with Crippen LogP contribution in [0.25, 0.3) is 0 Å². The van der Waals surface area contributed by atoms with Crippen molar-refractivity contribution in [3.8, 4) is 0 Å². The summed E-state index contributed by atoms with van der Waals surface area (Å²) in [6, 6.07) is 0. The smallest absolute Gasteiger partial charge is 0.0605 e. The summed E-state index contributed by atoms with van der Waals surface area (Å²) in [6.07, 6.45) is 8.93. The van der Waals surface area contributed by atoms with Gasteiger partial charge in [0.1, 0.15) is 0 Å². The normalized spacial score (nSPS) is 53.9. The highest BCUT2D eigenvalue weighted by Crippen LogP contribution is 2.56. The molecule has 3 saturated carbocycles. The minimum Gasteiger partial charge on any atom is -0.393 e. The Hall–Kier alpha value is -0.300. The van der Waals surface area contributed by atoms with Crippen molar-refractivity contribution in [1.82, 2.24) is 0 Å². The topological polar surface area (TPSA) is 20.2 Å². The lowest BCUT2D eigenvalue weighted by atomic mass is 9.64. The zero-order chi connectivity index (χ0) is 9.71. The lowest BCUT2D eigenvalue weighted by Gasteiger charge is -2.44. The third-order valence-electron chi connectivity index (χ3n) is 4.98. The monoisotopic (exact) mass is 192 g/mol. The maximum absolute atomic E-state index is 10.3. The largest absolute Gasteiger partial charge is 0.393 e. The molecule has 5 atom stereocenters. The molecule has 14 heavy (non-hydrogen) atoms. The molecule has 1 nitrogen and oxygen atoms in total. The quantitative estimate of drug-likeness (QED) is 0.585. The Morgan fingerprint density at radius 2 is 2.07 bits per heavy atom. The first-order valence-electron chi connectivity index (χ1n) is 6.14. The Balaban J connectivity index is 1.97. The number of rotatable bonds is 0. The molecule has 0 unspecified atom stereocenters. The molecule has 3 rings (SSSR count). The Morgan fingerprint density at radius 3 is 2.86 bits per heavy atom. The van der Waals surface area contributed by atoms with E-state index >= 15 is 0 Å². The summed E-state index contributed by atoms with van der Waals surface area (Å²) in [6.45, 7) is 2.17. The summed E-state index contributed by atoms with van der Waals surface area (Å²) in [4.78, 5) is 0. The molecule has 3 fully saturated rings. The molecule has 1 heteroatoms. The summed E-state index contributed by atoms with van der Waals surface area (Å²) in [5.74, 6) is 2.82. The molecule has 3 aliphatic carbocycles. The molecular weight excluding hydrogens is 172 g/mol. The number of allylic oxidation sites excluding steroid dienone is 2. The van der Waals surface area contributed by atoms with Crippen LogP contribution in [0, 0.1) is 23.7 Å². The summed E-state index contributed by atoms with van der Waals surface area (Å²) in [7, 11) is 0. The third-order valence-corrected chi connectivity index (χ3v) is 4.98. The van der Waals surface area contributed by atoms with Gasteiger partial charge in [-0.1, -0.05) is 18.1 Å². The highest BCUT2D eigenvalue weighted by molar-refractivity contribution is 5.19. The van der Waals surface area contributed by atoms with Crippen LogP contribution in [0.1, 0.15) is 39.0 Å². The van der Waals surface area contributed by atoms with E-state index in [1.54, 1.807) is 5.57 Å². The van der Waals surface area contributed by atoms with Crippen molar-refractivity contribution >= 4 is 0 Å². The molecule has 0 heterocycles. The highest BCUT2D eigenvalue weighted by Gasteiger charge is 2.50. The first kappa shape index (κ1) is 8.96. The Labute approximate surface area is 86.2 Å². The minimum atomic E-state index is 0.0324. The molecular formula is C13H20O. The summed E-state index contributed by atoms with van der Waals surface area (Å²) >= 11 is 0. The highest BCUT2D eigenvalue weighted by atomic mass is 16.3. The Bertz CT molecular complexity index is 268. The van der Waals surface area contributed by atoms with E-state index in [1.165, 1.54) is 32.1 Å². The first-order valence-corrected chi connectivity index (χ1v) is 6.14. The van der Waals surface area contributed by atoms with E-state index < -0.39 is 0 Å². The van der Waals surface area contributed by atoms with E-state index in [0.29, 0.717) is 11.8 Å². The fourth-order valence-electron chi connectivity index (χ4n) is 4.32. The molecule has 0 saturated heterocycles. The maximum Gasteiger partial charge on any atom is 0.0605 e. The van der Waals surface area contributed by atoms with Crippen LogP contribution >= 0.6 is 0 Å². The molecule has 4 bridgehead atoms. The minimum absolute atomic E-state index is 0.0324. The van der Waals surface area contributed by atoms with Crippen molar-refractivity contribution < 1.29 is 5.11 Å². The van der Waals surface area contributed by atoms with Gasteiger partial charge in [0.15, 0.2) is 0 Å². The van der Waals surface area contributed by atoms with Crippen molar-refractivity contribution in [2.75, 3.05) is 0 Å². The van der Waals surface area contributed by atoms with E-state index in [1.807, 2.05) is 0 Å². The van der Waals surface area contributed by atoms with Gasteiger partial charge in [-0.25, -0.2) is 0 Å². The molecule has 0 amide bonds. The third kappa shape index (κ3) is 1.05. The number of aliphatic hydroxyl groups is 1. The van der Waals surface area contributed by atoms with Crippen molar-refractivity contribution in [1.29, 1.82) is 0 Å². The molecule has 78 valence electrons. The fraction of sp³-hybridized carbons (Fsp3) is 0.846. The van der Waals surface area contributed by atoms with E-state index in [9.17, 15) is 5.11 Å². The molecule has 0 aromatic rings. The first-order chi connectivity index (χ1) is 6.81. The summed E-state index contributed by atoms with van der Waals surface area (Å²) in [5, 5.41) is 10.3. The van der Waals surface area contributed by atoms with Crippen LogP contribution in [0.5, 0.6) is 0 Å². The van der Waals surface area contributed by atoms with E-state index in [4.69, 9.17) is 0 Å². The SMILES string of the molecule is C/C=C1\C[C@@H]2C[C@H]1[C@H]1CCC[C@@H]2[C@H]1O. The predicted octanol–water partition coefficient (Wildman–Crippen LogP) is 2.75. The van der Waals surface area contributed by atoms with Gasteiger partial charge in [0, 0.05) is 0 Å². The number of hydrogen-bond donors (Lipinski definition) is 1. The Kier molecular flexibility index (Phi) is 1.98. The average molecular weight is 192 g/mol. The van der Waals surface area contributed by atoms with Crippen LogP contribution in [0.4, 0.5) is 0 Å². The standard InChI is InChI=1S/C13H20O/c1-2-8-6-9-7-12(8)11-5-3-4-10(9)13(11)14/h2,9-14H,3-7H2,1H3/b8-2+/t9-,10+,11-,12-,13-/m1/s1. The van der Waals surface area contributed by atoms with Crippen LogP contribution in [0.15, 0.2) is 11.6 Å². The fourth-order valence-corrected chi connectivity index (χ4v) is 4.32. The van der Waals surface area contributed by atoms with Gasteiger partial charge in [0.25, 0.3) is 0 Å². The van der Waals surface area contributed by atoms with Crippen LogP contribution in [0.3, 0.4) is 0 Å². The van der Waals surface area contributed by atoms with Gasteiger partial charge >= 0.3 is 0 Å². The van der Waals surface area contributed by atoms with Crippen LogP contribution in [0.2, 0.25) is 0 Å². The average Bonchev–Trinajstić information content (AvgIpc) is 2.57. The maximum atomic E-state index is 10.3. The molecule has 0 spiro atoms. The molecule has 3 aliphatic rings. The number of aliphatic hydroxyl groups excluding tert-OH is 1. The molecule has 0 radical (unpaired) electrons. The van der Waals surface area contributed by atoms with Crippen molar-refractivity contribution in [2.45, 2.75) is 45.1 Å². The van der Waals surface area contributed by atoms with Gasteiger partial charge in [-0.3, -0.25) is 0 Å². The van der Waals surface area contributed by atoms with Gasteiger partial charge in [-0.05, 0) is 56.3 Å². The molecule has 0 aromatic carbocycles. The van der Waals surface area contributed by atoms with Crippen molar-refractivity contribution in [3.05, 3.63) is 11.6 Å². The summed E-state index contributed by atoms with van der Waals surface area (Å²) in [5.41, 5.74) is 1.66. The zero-order valence-corrected chi connectivity index (χ0v) is 8.95. The van der Waals surface area contributed by atoms with Gasteiger partial charge in [0.2, 0.25) is 0 Å². The number of fused-ring (bicyclic) bond motifs is 6. The second kappa shape index (κ2) is 3.10. The van der Waals surface area contributed by atoms with Gasteiger partial charge in [0.05, 0.1) is 6.10 Å². The van der Waals surface area contributed by atoms with E-state index in [2.05, 4.69) is 13.0 Å². The molecule has 0 aromatic heterocycles. The predicted molar refractivity (Wildman–Crippen MR) is 56.8 cm³/mol. The molecule has 0 aliphatic heterocycles. The van der Waals surface area contributed by atoms with Gasteiger partial charge in [-0.15, -0.1) is 0 Å². The van der Waals surface area contributed by atoms with Crippen LogP contribution < -0.4 is 0 Å². The second-order valence-electron chi connectivity index (χ2n) is 5.42. The van der Waals surface area contributed by atoms with Crippen LogP contribution in [-0.4, -0.2) is 11.2 Å². The van der Waals surface area contributed by atoms with Crippen molar-refractivity contribution in [2.24, 2.45) is 23.7 Å². The second-order valence-corrected chi connectivity index (χ2v) is 5.42. The number of hydrogen-bond acceptors (Lipinski definition) is 1. The van der Waals surface area contributed by atoms with E-state index in [0.717, 1.165) is 11.8 Å². The lowest BCUT2D eigenvalue weighted by molar-refractivity contribution is -0.0483. The zero-order valence-electron chi connectivity index (χ0n) is 8.95. The lowest BCUT2D eigenvalue weighted by Crippen LogP contribution is -2.43.